The highest BCUT2D eigenvalue weighted by atomic mass is 16.7. The molecule has 0 radical (unpaired) electrons. The molecule has 0 saturated carbocycles. The number of aromatic nitrogens is 2. The quantitative estimate of drug-likeness (QED) is 0.885. The fourth-order valence-corrected chi connectivity index (χ4v) is 2.81. The number of hydrogen-bond acceptors (Lipinski definition) is 4. The van der Waals surface area contributed by atoms with Crippen molar-refractivity contribution < 1.29 is 14.3 Å². The van der Waals surface area contributed by atoms with Crippen LogP contribution in [-0.4, -0.2) is 22.3 Å². The van der Waals surface area contributed by atoms with E-state index in [9.17, 15) is 4.79 Å². The summed E-state index contributed by atoms with van der Waals surface area (Å²) >= 11 is 0. The van der Waals surface area contributed by atoms with Crippen molar-refractivity contribution in [1.29, 1.82) is 0 Å². The number of ether oxygens (including phenoxy) is 2. The first-order chi connectivity index (χ1) is 11.5. The lowest BCUT2D eigenvalue weighted by Crippen LogP contribution is -2.33. The molecule has 1 aromatic heterocycles. The van der Waals surface area contributed by atoms with E-state index in [2.05, 4.69) is 24.1 Å². The normalized spacial score (nSPS) is 14.0. The molecule has 24 heavy (non-hydrogen) atoms. The summed E-state index contributed by atoms with van der Waals surface area (Å²) in [5.41, 5.74) is 1.06. The van der Waals surface area contributed by atoms with Crippen molar-refractivity contribution in [2.24, 2.45) is 13.0 Å². The zero-order chi connectivity index (χ0) is 17.1. The molecule has 1 N–H and O–H groups in total. The SMILES string of the molecule is CC(C)[C@H](NC(=O)CCc1ccc2c(c1)OCO2)c1nccn1C. The molecule has 1 atom stereocenters. The fourth-order valence-electron chi connectivity index (χ4n) is 2.81. The van der Waals surface area contributed by atoms with Crippen LogP contribution in [0.1, 0.15) is 37.7 Å². The average Bonchev–Trinajstić information content (AvgIpc) is 3.18. The van der Waals surface area contributed by atoms with Gasteiger partial charge in [-0.25, -0.2) is 4.98 Å². The van der Waals surface area contributed by atoms with Crippen LogP contribution in [0.2, 0.25) is 0 Å². The molecule has 0 fully saturated rings. The van der Waals surface area contributed by atoms with Crippen LogP contribution >= 0.6 is 0 Å². The van der Waals surface area contributed by atoms with Crippen LogP contribution in [0.15, 0.2) is 30.6 Å². The molecule has 128 valence electrons. The summed E-state index contributed by atoms with van der Waals surface area (Å²) in [6, 6.07) is 5.71. The van der Waals surface area contributed by atoms with Gasteiger partial charge in [0.2, 0.25) is 12.7 Å². The number of rotatable bonds is 6. The van der Waals surface area contributed by atoms with Crippen LogP contribution in [0.4, 0.5) is 0 Å². The van der Waals surface area contributed by atoms with Gasteiger partial charge in [-0.15, -0.1) is 0 Å². The number of carbonyl (C=O) groups is 1. The van der Waals surface area contributed by atoms with Crippen molar-refractivity contribution in [3.05, 3.63) is 42.0 Å². The van der Waals surface area contributed by atoms with E-state index >= 15 is 0 Å². The summed E-state index contributed by atoms with van der Waals surface area (Å²) in [6.45, 7) is 4.42. The summed E-state index contributed by atoms with van der Waals surface area (Å²) in [5.74, 6) is 2.68. The minimum Gasteiger partial charge on any atom is -0.454 e. The number of imidazole rings is 1. The van der Waals surface area contributed by atoms with Crippen LogP contribution in [0.3, 0.4) is 0 Å². The molecule has 1 amide bonds. The summed E-state index contributed by atoms with van der Waals surface area (Å²) < 4.78 is 12.6. The highest BCUT2D eigenvalue weighted by Crippen LogP contribution is 2.32. The number of nitrogens with one attached hydrogen (secondary N) is 1. The molecule has 1 aliphatic rings. The Morgan fingerprint density at radius 1 is 1.33 bits per heavy atom. The van der Waals surface area contributed by atoms with E-state index in [-0.39, 0.29) is 24.7 Å². The van der Waals surface area contributed by atoms with Crippen molar-refractivity contribution >= 4 is 5.91 Å². The molecule has 0 bridgehead atoms. The lowest BCUT2D eigenvalue weighted by atomic mass is 10.0. The molecule has 6 heteroatoms. The molecule has 1 aromatic carbocycles. The number of benzene rings is 1. The van der Waals surface area contributed by atoms with Crippen LogP contribution in [-0.2, 0) is 18.3 Å². The van der Waals surface area contributed by atoms with E-state index < -0.39 is 0 Å². The molecule has 2 heterocycles. The van der Waals surface area contributed by atoms with Crippen LogP contribution in [0, 0.1) is 5.92 Å². The molecule has 0 saturated heterocycles. The van der Waals surface area contributed by atoms with Crippen molar-refractivity contribution in [3.8, 4) is 11.5 Å². The van der Waals surface area contributed by atoms with Gasteiger partial charge in [-0.3, -0.25) is 4.79 Å². The monoisotopic (exact) mass is 329 g/mol. The lowest BCUT2D eigenvalue weighted by Gasteiger charge is -2.22. The first-order valence-electron chi connectivity index (χ1n) is 8.19. The zero-order valence-corrected chi connectivity index (χ0v) is 14.3. The Morgan fingerprint density at radius 2 is 2.12 bits per heavy atom. The minimum atomic E-state index is -0.0887. The third kappa shape index (κ3) is 3.53. The third-order valence-corrected chi connectivity index (χ3v) is 4.20. The van der Waals surface area contributed by atoms with Crippen molar-refractivity contribution in [2.45, 2.75) is 32.7 Å². The summed E-state index contributed by atoms with van der Waals surface area (Å²) in [7, 11) is 1.94. The molecule has 0 spiro atoms. The Balaban J connectivity index is 1.59. The molecule has 1 aliphatic heterocycles. The van der Waals surface area contributed by atoms with E-state index in [0.717, 1.165) is 22.9 Å². The van der Waals surface area contributed by atoms with Gasteiger partial charge in [-0.2, -0.15) is 0 Å². The smallest absolute Gasteiger partial charge is 0.231 e. The number of aryl methyl sites for hydroxylation is 2. The van der Waals surface area contributed by atoms with Gasteiger partial charge in [-0.1, -0.05) is 19.9 Å². The molecule has 3 rings (SSSR count). The van der Waals surface area contributed by atoms with Crippen LogP contribution in [0.25, 0.3) is 0 Å². The van der Waals surface area contributed by atoms with Gasteiger partial charge in [0.1, 0.15) is 5.82 Å². The van der Waals surface area contributed by atoms with E-state index in [1.165, 1.54) is 0 Å². The van der Waals surface area contributed by atoms with Crippen molar-refractivity contribution in [3.63, 3.8) is 0 Å². The zero-order valence-electron chi connectivity index (χ0n) is 14.3. The van der Waals surface area contributed by atoms with Gasteiger partial charge in [0, 0.05) is 25.9 Å². The number of nitrogens with zero attached hydrogens (tertiary/aromatic N) is 2. The second-order valence-corrected chi connectivity index (χ2v) is 6.37. The number of fused-ring (bicyclic) bond motifs is 1. The van der Waals surface area contributed by atoms with E-state index in [1.54, 1.807) is 6.20 Å². The predicted octanol–water partition coefficient (Wildman–Crippen LogP) is 2.59. The van der Waals surface area contributed by atoms with Crippen LogP contribution < -0.4 is 14.8 Å². The van der Waals surface area contributed by atoms with Gasteiger partial charge in [-0.05, 0) is 30.0 Å². The topological polar surface area (TPSA) is 65.4 Å². The van der Waals surface area contributed by atoms with Crippen molar-refractivity contribution in [2.75, 3.05) is 6.79 Å². The van der Waals surface area contributed by atoms with Crippen LogP contribution in [0.5, 0.6) is 11.5 Å². The Morgan fingerprint density at radius 3 is 2.83 bits per heavy atom. The summed E-state index contributed by atoms with van der Waals surface area (Å²) in [4.78, 5) is 16.7. The molecular formula is C18H23N3O3. The van der Waals surface area contributed by atoms with Gasteiger partial charge in [0.25, 0.3) is 0 Å². The van der Waals surface area contributed by atoms with Gasteiger partial charge in [0.05, 0.1) is 6.04 Å². The number of carbonyl (C=O) groups excluding carboxylic acids is 1. The number of amides is 1. The maximum atomic E-state index is 12.4. The average molecular weight is 329 g/mol. The summed E-state index contributed by atoms with van der Waals surface area (Å²) in [5, 5.41) is 3.10. The standard InChI is InChI=1S/C18H23N3O3/c1-12(2)17(18-19-8-9-21(18)3)20-16(22)7-5-13-4-6-14-15(10-13)24-11-23-14/h4,6,8-10,12,17H,5,7,11H2,1-3H3,(H,20,22)/t17-/m0/s1. The predicted molar refractivity (Wildman–Crippen MR) is 89.8 cm³/mol. The Hall–Kier alpha value is -2.50. The second-order valence-electron chi connectivity index (χ2n) is 6.37. The second kappa shape index (κ2) is 6.95. The minimum absolute atomic E-state index is 0.0226. The van der Waals surface area contributed by atoms with E-state index in [0.29, 0.717) is 12.8 Å². The Kier molecular flexibility index (Phi) is 4.74. The first kappa shape index (κ1) is 16.4. The molecule has 6 nitrogen and oxygen atoms in total. The van der Waals surface area contributed by atoms with Gasteiger partial charge in [0.15, 0.2) is 11.5 Å². The molecule has 0 unspecified atom stereocenters. The third-order valence-electron chi connectivity index (χ3n) is 4.20. The van der Waals surface area contributed by atoms with Gasteiger partial charge >= 0.3 is 0 Å². The molecular weight excluding hydrogens is 306 g/mol. The Labute approximate surface area is 141 Å². The fraction of sp³-hybridized carbons (Fsp3) is 0.444. The first-order valence-corrected chi connectivity index (χ1v) is 8.19. The van der Waals surface area contributed by atoms with Crippen molar-refractivity contribution in [1.82, 2.24) is 14.9 Å². The molecule has 0 aliphatic carbocycles. The Bertz CT molecular complexity index is 724. The van der Waals surface area contributed by atoms with E-state index in [1.807, 2.05) is 36.0 Å². The van der Waals surface area contributed by atoms with E-state index in [4.69, 9.17) is 9.47 Å². The largest absolute Gasteiger partial charge is 0.454 e. The maximum absolute atomic E-state index is 12.4. The highest BCUT2D eigenvalue weighted by molar-refractivity contribution is 5.76. The van der Waals surface area contributed by atoms with Gasteiger partial charge < -0.3 is 19.4 Å². The molecule has 2 aromatic rings. The summed E-state index contributed by atoms with van der Waals surface area (Å²) in [6.07, 6.45) is 4.73. The highest BCUT2D eigenvalue weighted by Gasteiger charge is 2.22. The maximum Gasteiger partial charge on any atom is 0.231 e. The lowest BCUT2D eigenvalue weighted by molar-refractivity contribution is -0.122. The number of hydrogen-bond donors (Lipinski definition) is 1.